The minimum Gasteiger partial charge on any atom is -0.481 e. The lowest BCUT2D eigenvalue weighted by atomic mass is 9.88. The standard InChI is InChI=1S/C9H17NO3/c1-4-7(11)10-6-9(3,5-2)8(12)13/h4-6H2,1-3H3,(H,10,11)(H,12,13). The predicted molar refractivity (Wildman–Crippen MR) is 49.3 cm³/mol. The molecule has 0 aromatic carbocycles. The second kappa shape index (κ2) is 4.84. The van der Waals surface area contributed by atoms with Crippen LogP contribution in [0.15, 0.2) is 0 Å². The number of aliphatic carboxylic acids is 1. The molecule has 1 amide bonds. The lowest BCUT2D eigenvalue weighted by Gasteiger charge is -2.22. The molecular weight excluding hydrogens is 170 g/mol. The van der Waals surface area contributed by atoms with Crippen LogP contribution in [0.25, 0.3) is 0 Å². The molecule has 0 aromatic heterocycles. The van der Waals surface area contributed by atoms with Gasteiger partial charge in [-0.2, -0.15) is 0 Å². The zero-order chi connectivity index (χ0) is 10.5. The number of rotatable bonds is 5. The van der Waals surface area contributed by atoms with Crippen LogP contribution in [0.3, 0.4) is 0 Å². The molecule has 2 N–H and O–H groups in total. The number of carbonyl (C=O) groups is 2. The summed E-state index contributed by atoms with van der Waals surface area (Å²) in [5, 5.41) is 11.5. The highest BCUT2D eigenvalue weighted by Gasteiger charge is 2.31. The normalized spacial score (nSPS) is 14.7. The molecule has 76 valence electrons. The molecule has 1 unspecified atom stereocenters. The van der Waals surface area contributed by atoms with Gasteiger partial charge < -0.3 is 10.4 Å². The van der Waals surface area contributed by atoms with E-state index in [1.165, 1.54) is 0 Å². The molecule has 0 saturated carbocycles. The van der Waals surface area contributed by atoms with Gasteiger partial charge in [-0.15, -0.1) is 0 Å². The third kappa shape index (κ3) is 3.44. The number of amides is 1. The van der Waals surface area contributed by atoms with Crippen molar-refractivity contribution in [2.24, 2.45) is 5.41 Å². The molecule has 0 aliphatic heterocycles. The number of hydrogen-bond donors (Lipinski definition) is 2. The van der Waals surface area contributed by atoms with Crippen LogP contribution in [0.5, 0.6) is 0 Å². The van der Waals surface area contributed by atoms with Crippen molar-refractivity contribution >= 4 is 11.9 Å². The summed E-state index contributed by atoms with van der Waals surface area (Å²) in [6, 6.07) is 0. The van der Waals surface area contributed by atoms with Crippen LogP contribution in [-0.2, 0) is 9.59 Å². The van der Waals surface area contributed by atoms with Crippen LogP contribution in [0.1, 0.15) is 33.6 Å². The zero-order valence-electron chi connectivity index (χ0n) is 8.39. The number of nitrogens with one attached hydrogen (secondary N) is 1. The average Bonchev–Trinajstić information content (AvgIpc) is 2.13. The van der Waals surface area contributed by atoms with Gasteiger partial charge in [0.25, 0.3) is 0 Å². The third-order valence-corrected chi connectivity index (χ3v) is 2.29. The highest BCUT2D eigenvalue weighted by molar-refractivity contribution is 5.78. The molecule has 0 aromatic rings. The minimum absolute atomic E-state index is 0.110. The summed E-state index contributed by atoms with van der Waals surface area (Å²) in [4.78, 5) is 21.7. The van der Waals surface area contributed by atoms with Gasteiger partial charge >= 0.3 is 5.97 Å². The van der Waals surface area contributed by atoms with Crippen molar-refractivity contribution in [1.29, 1.82) is 0 Å². The molecule has 1 atom stereocenters. The molecule has 0 fully saturated rings. The van der Waals surface area contributed by atoms with E-state index >= 15 is 0 Å². The Morgan fingerprint density at radius 1 is 1.38 bits per heavy atom. The van der Waals surface area contributed by atoms with E-state index in [0.29, 0.717) is 12.8 Å². The quantitative estimate of drug-likeness (QED) is 0.675. The van der Waals surface area contributed by atoms with Gasteiger partial charge in [0.15, 0.2) is 0 Å². The molecule has 0 spiro atoms. The maximum atomic E-state index is 10.9. The third-order valence-electron chi connectivity index (χ3n) is 2.29. The maximum Gasteiger partial charge on any atom is 0.311 e. The molecule has 0 bridgehead atoms. The molecule has 0 saturated heterocycles. The van der Waals surface area contributed by atoms with Crippen LogP contribution in [0.2, 0.25) is 0 Å². The lowest BCUT2D eigenvalue weighted by molar-refractivity contribution is -0.148. The Bertz CT molecular complexity index is 203. The van der Waals surface area contributed by atoms with E-state index < -0.39 is 11.4 Å². The Morgan fingerprint density at radius 3 is 2.23 bits per heavy atom. The summed E-state index contributed by atoms with van der Waals surface area (Å²) in [6.45, 7) is 5.36. The van der Waals surface area contributed by atoms with Crippen molar-refractivity contribution in [2.75, 3.05) is 6.54 Å². The van der Waals surface area contributed by atoms with Crippen LogP contribution in [0, 0.1) is 5.41 Å². The molecule has 0 rings (SSSR count). The van der Waals surface area contributed by atoms with Crippen molar-refractivity contribution in [2.45, 2.75) is 33.6 Å². The van der Waals surface area contributed by atoms with Gasteiger partial charge in [-0.3, -0.25) is 9.59 Å². The van der Waals surface area contributed by atoms with Gasteiger partial charge in [0, 0.05) is 13.0 Å². The largest absolute Gasteiger partial charge is 0.481 e. The van der Waals surface area contributed by atoms with E-state index in [-0.39, 0.29) is 12.5 Å². The second-order valence-corrected chi connectivity index (χ2v) is 3.35. The monoisotopic (exact) mass is 187 g/mol. The Morgan fingerprint density at radius 2 is 1.92 bits per heavy atom. The van der Waals surface area contributed by atoms with Gasteiger partial charge in [-0.05, 0) is 13.3 Å². The summed E-state index contributed by atoms with van der Waals surface area (Å²) in [5.41, 5.74) is -0.842. The summed E-state index contributed by atoms with van der Waals surface area (Å²) in [5.74, 6) is -0.979. The van der Waals surface area contributed by atoms with Crippen molar-refractivity contribution in [3.05, 3.63) is 0 Å². The highest BCUT2D eigenvalue weighted by Crippen LogP contribution is 2.19. The zero-order valence-corrected chi connectivity index (χ0v) is 8.39. The van der Waals surface area contributed by atoms with E-state index in [4.69, 9.17) is 5.11 Å². The SMILES string of the molecule is CCC(=O)NCC(C)(CC)C(=O)O. The van der Waals surface area contributed by atoms with Crippen molar-refractivity contribution < 1.29 is 14.7 Å². The van der Waals surface area contributed by atoms with Gasteiger partial charge in [0.05, 0.1) is 5.41 Å². The highest BCUT2D eigenvalue weighted by atomic mass is 16.4. The van der Waals surface area contributed by atoms with E-state index in [1.807, 2.05) is 0 Å². The number of carboxylic acid groups (broad SMARTS) is 1. The number of hydrogen-bond acceptors (Lipinski definition) is 2. The van der Waals surface area contributed by atoms with Crippen molar-refractivity contribution in [3.8, 4) is 0 Å². The van der Waals surface area contributed by atoms with Crippen LogP contribution in [0.4, 0.5) is 0 Å². The second-order valence-electron chi connectivity index (χ2n) is 3.35. The van der Waals surface area contributed by atoms with Gasteiger partial charge in [0.1, 0.15) is 0 Å². The first-order chi connectivity index (χ1) is 5.96. The fraction of sp³-hybridized carbons (Fsp3) is 0.778. The maximum absolute atomic E-state index is 10.9. The van der Waals surface area contributed by atoms with Gasteiger partial charge in [-0.1, -0.05) is 13.8 Å². The summed E-state index contributed by atoms with van der Waals surface area (Å²) in [6.07, 6.45) is 0.895. The van der Waals surface area contributed by atoms with Crippen LogP contribution >= 0.6 is 0 Å². The Balaban J connectivity index is 4.13. The average molecular weight is 187 g/mol. The first kappa shape index (κ1) is 11.9. The summed E-state index contributed by atoms with van der Waals surface area (Å²) >= 11 is 0. The van der Waals surface area contributed by atoms with E-state index in [1.54, 1.807) is 20.8 Å². The van der Waals surface area contributed by atoms with E-state index in [0.717, 1.165) is 0 Å². The predicted octanol–water partition coefficient (Wildman–Crippen LogP) is 1.01. The molecule has 0 aliphatic carbocycles. The Labute approximate surface area is 78.3 Å². The topological polar surface area (TPSA) is 66.4 Å². The fourth-order valence-electron chi connectivity index (χ4n) is 0.771. The fourth-order valence-corrected chi connectivity index (χ4v) is 0.771. The molecule has 4 nitrogen and oxygen atoms in total. The first-order valence-electron chi connectivity index (χ1n) is 4.46. The molecule has 0 radical (unpaired) electrons. The van der Waals surface area contributed by atoms with Crippen LogP contribution < -0.4 is 5.32 Å². The molecular formula is C9H17NO3. The molecule has 4 heteroatoms. The Kier molecular flexibility index (Phi) is 4.45. The van der Waals surface area contributed by atoms with Crippen molar-refractivity contribution in [3.63, 3.8) is 0 Å². The molecule has 0 heterocycles. The minimum atomic E-state index is -0.869. The molecule has 13 heavy (non-hydrogen) atoms. The lowest BCUT2D eigenvalue weighted by Crippen LogP contribution is -2.40. The van der Waals surface area contributed by atoms with E-state index in [2.05, 4.69) is 5.32 Å². The smallest absolute Gasteiger partial charge is 0.311 e. The number of carbonyl (C=O) groups excluding carboxylic acids is 1. The summed E-state index contributed by atoms with van der Waals surface area (Å²) in [7, 11) is 0. The van der Waals surface area contributed by atoms with E-state index in [9.17, 15) is 9.59 Å². The van der Waals surface area contributed by atoms with Gasteiger partial charge in [-0.25, -0.2) is 0 Å². The Hall–Kier alpha value is -1.06. The number of carboxylic acids is 1. The summed E-state index contributed by atoms with van der Waals surface area (Å²) < 4.78 is 0. The van der Waals surface area contributed by atoms with Gasteiger partial charge in [0.2, 0.25) is 5.91 Å². The van der Waals surface area contributed by atoms with Crippen molar-refractivity contribution in [1.82, 2.24) is 5.32 Å². The molecule has 0 aliphatic rings. The first-order valence-corrected chi connectivity index (χ1v) is 4.46. The van der Waals surface area contributed by atoms with Crippen LogP contribution in [-0.4, -0.2) is 23.5 Å².